The Morgan fingerprint density at radius 1 is 0.909 bits per heavy atom. The number of amides is 2. The quantitative estimate of drug-likeness (QED) is 0.286. The van der Waals surface area contributed by atoms with Crippen LogP contribution in [0.4, 0.5) is 21.0 Å². The van der Waals surface area contributed by atoms with Crippen molar-refractivity contribution in [2.75, 3.05) is 0 Å². The topological polar surface area (TPSA) is 204 Å². The van der Waals surface area contributed by atoms with Crippen molar-refractivity contribution in [3.63, 3.8) is 0 Å². The number of hydrogen-bond acceptors (Lipinski definition) is 11. The second kappa shape index (κ2) is 9.88. The van der Waals surface area contributed by atoms with Crippen LogP contribution in [-0.2, 0) is 14.3 Å². The molecule has 0 aliphatic rings. The van der Waals surface area contributed by atoms with Gasteiger partial charge >= 0.3 is 18.2 Å². The Labute approximate surface area is 187 Å². The third-order valence-corrected chi connectivity index (χ3v) is 3.12. The normalized spacial score (nSPS) is 11.1. The molecule has 0 radical (unpaired) electrons. The van der Waals surface area contributed by atoms with E-state index in [1.54, 1.807) is 0 Å². The van der Waals surface area contributed by atoms with Gasteiger partial charge in [-0.1, -0.05) is 5.06 Å². The lowest BCUT2D eigenvalue weighted by Crippen LogP contribution is -2.50. The number of benzene rings is 1. The van der Waals surface area contributed by atoms with E-state index in [0.29, 0.717) is 18.2 Å². The molecule has 0 saturated carbocycles. The molecule has 0 aromatic heterocycles. The molecule has 0 aliphatic carbocycles. The number of nitro benzene ring substituents is 2. The van der Waals surface area contributed by atoms with Crippen LogP contribution in [0.3, 0.4) is 0 Å². The Balaban J connectivity index is 3.27. The molecular formula is C18H23N5O10. The Bertz CT molecular complexity index is 961. The fourth-order valence-electron chi connectivity index (χ4n) is 1.99. The average molecular weight is 469 g/mol. The highest BCUT2D eigenvalue weighted by atomic mass is 16.8. The molecular weight excluding hydrogens is 446 g/mol. The second-order valence-corrected chi connectivity index (χ2v) is 8.38. The number of alkyl carbamates (subject to hydrolysis) is 1. The third-order valence-electron chi connectivity index (χ3n) is 3.12. The smallest absolute Gasteiger partial charge is 0.444 e. The molecule has 15 nitrogen and oxygen atoms in total. The van der Waals surface area contributed by atoms with Crippen molar-refractivity contribution in [2.45, 2.75) is 52.7 Å². The van der Waals surface area contributed by atoms with Gasteiger partial charge in [-0.2, -0.15) is 0 Å². The zero-order chi connectivity index (χ0) is 25.7. The lowest BCUT2D eigenvalue weighted by atomic mass is 10.2. The van der Waals surface area contributed by atoms with Crippen LogP contribution < -0.4 is 5.32 Å². The van der Waals surface area contributed by atoms with Gasteiger partial charge in [-0.25, -0.2) is 14.4 Å². The van der Waals surface area contributed by atoms with Crippen molar-refractivity contribution in [1.29, 1.82) is 5.41 Å². The summed E-state index contributed by atoms with van der Waals surface area (Å²) in [6.07, 6.45) is -2.57. The highest BCUT2D eigenvalue weighted by molar-refractivity contribution is 6.01. The summed E-state index contributed by atoms with van der Waals surface area (Å²) < 4.78 is 9.98. The van der Waals surface area contributed by atoms with E-state index in [4.69, 9.17) is 19.7 Å². The van der Waals surface area contributed by atoms with E-state index in [-0.39, 0.29) is 5.06 Å². The molecule has 33 heavy (non-hydrogen) atoms. The molecule has 2 amide bonds. The number of guanidine groups is 1. The fourth-order valence-corrected chi connectivity index (χ4v) is 1.99. The predicted octanol–water partition coefficient (Wildman–Crippen LogP) is 3.27. The fraction of sp³-hybridized carbons (Fsp3) is 0.444. The van der Waals surface area contributed by atoms with Crippen LogP contribution >= 0.6 is 0 Å². The van der Waals surface area contributed by atoms with Gasteiger partial charge in [0.15, 0.2) is 0 Å². The molecule has 0 bridgehead atoms. The van der Waals surface area contributed by atoms with Crippen LogP contribution in [0.1, 0.15) is 51.9 Å². The zero-order valence-electron chi connectivity index (χ0n) is 18.7. The SMILES string of the molecule is CC(C)(C)OC(=O)NC(=N)N(OC(=O)c1cc([N+](=O)[O-])cc([N+](=O)[O-])c1)C(=O)OC(C)(C)C. The van der Waals surface area contributed by atoms with Gasteiger partial charge < -0.3 is 14.3 Å². The molecule has 15 heteroatoms. The third kappa shape index (κ3) is 8.76. The Kier molecular flexibility index (Phi) is 8.01. The van der Waals surface area contributed by atoms with E-state index in [9.17, 15) is 34.6 Å². The summed E-state index contributed by atoms with van der Waals surface area (Å²) in [6, 6.07) is 1.97. The van der Waals surface area contributed by atoms with Crippen LogP contribution in [0, 0.1) is 25.6 Å². The van der Waals surface area contributed by atoms with E-state index < -0.39 is 62.1 Å². The molecule has 180 valence electrons. The second-order valence-electron chi connectivity index (χ2n) is 8.38. The Morgan fingerprint density at radius 2 is 1.36 bits per heavy atom. The van der Waals surface area contributed by atoms with Crippen molar-refractivity contribution in [3.8, 4) is 0 Å². The zero-order valence-corrected chi connectivity index (χ0v) is 18.7. The minimum atomic E-state index is -1.48. The maximum atomic E-state index is 12.5. The summed E-state index contributed by atoms with van der Waals surface area (Å²) in [4.78, 5) is 61.8. The number of nitro groups is 2. The summed E-state index contributed by atoms with van der Waals surface area (Å²) in [7, 11) is 0. The van der Waals surface area contributed by atoms with E-state index in [2.05, 4.69) is 0 Å². The number of rotatable bonds is 3. The van der Waals surface area contributed by atoms with Crippen molar-refractivity contribution in [2.24, 2.45) is 0 Å². The van der Waals surface area contributed by atoms with Crippen molar-refractivity contribution in [3.05, 3.63) is 44.0 Å². The Morgan fingerprint density at radius 3 is 1.76 bits per heavy atom. The standard InChI is InChI=1S/C18H23N5O10/c1-17(2,3)31-15(25)20-14(19)21(16(26)32-18(4,5)6)33-13(24)10-7-11(22(27)28)9-12(8-10)23(29)30/h7-9H,1-6H3,(H2,19,20,25). The molecule has 1 aromatic carbocycles. The number of nitrogens with zero attached hydrogens (tertiary/aromatic N) is 3. The lowest BCUT2D eigenvalue weighted by Gasteiger charge is -2.26. The highest BCUT2D eigenvalue weighted by Gasteiger charge is 2.32. The first kappa shape index (κ1) is 26.7. The molecule has 2 N–H and O–H groups in total. The maximum Gasteiger partial charge on any atom is 0.451 e. The highest BCUT2D eigenvalue weighted by Crippen LogP contribution is 2.23. The average Bonchev–Trinajstić information content (AvgIpc) is 2.61. The molecule has 1 rings (SSSR count). The van der Waals surface area contributed by atoms with Gasteiger partial charge in [0.2, 0.25) is 5.96 Å². The van der Waals surface area contributed by atoms with Gasteiger partial charge in [-0.3, -0.25) is 31.0 Å². The number of hydroxylamine groups is 2. The molecule has 0 atom stereocenters. The van der Waals surface area contributed by atoms with Crippen molar-refractivity contribution in [1.82, 2.24) is 10.4 Å². The molecule has 0 unspecified atom stereocenters. The van der Waals surface area contributed by atoms with E-state index in [0.717, 1.165) is 0 Å². The van der Waals surface area contributed by atoms with Gasteiger partial charge in [0.1, 0.15) is 11.2 Å². The monoisotopic (exact) mass is 469 g/mol. The largest absolute Gasteiger partial charge is 0.451 e. The Hall–Kier alpha value is -4.30. The number of ether oxygens (including phenoxy) is 2. The van der Waals surface area contributed by atoms with E-state index in [1.807, 2.05) is 5.32 Å². The first-order valence-electron chi connectivity index (χ1n) is 9.17. The number of carbonyl (C=O) groups excluding carboxylic acids is 3. The first-order valence-corrected chi connectivity index (χ1v) is 9.17. The number of hydrogen-bond donors (Lipinski definition) is 2. The molecule has 0 spiro atoms. The maximum absolute atomic E-state index is 12.5. The number of nitrogens with one attached hydrogen (secondary N) is 2. The van der Waals surface area contributed by atoms with Crippen LogP contribution in [0.15, 0.2) is 18.2 Å². The van der Waals surface area contributed by atoms with Crippen LogP contribution in [0.25, 0.3) is 0 Å². The molecule has 0 heterocycles. The summed E-state index contributed by atoms with van der Waals surface area (Å²) in [5.74, 6) is -2.57. The summed E-state index contributed by atoms with van der Waals surface area (Å²) >= 11 is 0. The predicted molar refractivity (Wildman–Crippen MR) is 110 cm³/mol. The minimum Gasteiger partial charge on any atom is -0.444 e. The van der Waals surface area contributed by atoms with Gasteiger partial charge in [0.25, 0.3) is 11.4 Å². The lowest BCUT2D eigenvalue weighted by molar-refractivity contribution is -0.394. The molecule has 1 aromatic rings. The van der Waals surface area contributed by atoms with Crippen molar-refractivity contribution >= 4 is 35.5 Å². The van der Waals surface area contributed by atoms with Gasteiger partial charge in [-0.15, -0.1) is 0 Å². The van der Waals surface area contributed by atoms with E-state index >= 15 is 0 Å². The molecule has 0 fully saturated rings. The van der Waals surface area contributed by atoms with E-state index in [1.165, 1.54) is 41.5 Å². The van der Waals surface area contributed by atoms with Crippen molar-refractivity contribution < 1.29 is 38.5 Å². The van der Waals surface area contributed by atoms with Gasteiger partial charge in [0.05, 0.1) is 21.5 Å². The van der Waals surface area contributed by atoms with Gasteiger partial charge in [0, 0.05) is 12.1 Å². The molecule has 0 aliphatic heterocycles. The number of non-ortho nitro benzene ring substituents is 2. The summed E-state index contributed by atoms with van der Waals surface area (Å²) in [6.45, 7) is 9.03. The van der Waals surface area contributed by atoms with Crippen LogP contribution in [-0.4, -0.2) is 50.2 Å². The number of carbonyl (C=O) groups is 3. The molecule has 0 saturated heterocycles. The summed E-state index contributed by atoms with van der Waals surface area (Å²) in [5, 5.41) is 31.8. The van der Waals surface area contributed by atoms with Crippen LogP contribution in [0.5, 0.6) is 0 Å². The minimum absolute atomic E-state index is 0.0395. The van der Waals surface area contributed by atoms with Gasteiger partial charge in [-0.05, 0) is 41.5 Å². The first-order chi connectivity index (χ1) is 14.9. The summed E-state index contributed by atoms with van der Waals surface area (Å²) in [5.41, 5.74) is -4.32. The van der Waals surface area contributed by atoms with Crippen LogP contribution in [0.2, 0.25) is 0 Å².